The Morgan fingerprint density at radius 1 is 0.818 bits per heavy atom. The lowest BCUT2D eigenvalue weighted by molar-refractivity contribution is 0.0767. The first-order valence-corrected chi connectivity index (χ1v) is 11.6. The average Bonchev–Trinajstić information content (AvgIpc) is 3.16. The highest BCUT2D eigenvalue weighted by Crippen LogP contribution is 2.25. The Morgan fingerprint density at radius 3 is 2.48 bits per heavy atom. The van der Waals surface area contributed by atoms with Crippen LogP contribution in [-0.4, -0.2) is 71.6 Å². The van der Waals surface area contributed by atoms with Crippen LogP contribution in [0.4, 0.5) is 11.8 Å². The van der Waals surface area contributed by atoms with Gasteiger partial charge in [0.2, 0.25) is 5.95 Å². The molecule has 1 amide bonds. The minimum absolute atomic E-state index is 0.0451. The molecular formula is C25H29N7O. The number of benzene rings is 1. The van der Waals surface area contributed by atoms with Crippen LogP contribution < -0.4 is 15.1 Å². The first-order chi connectivity index (χ1) is 16.3. The molecule has 1 atom stereocenters. The largest absolute Gasteiger partial charge is 0.353 e. The Balaban J connectivity index is 1.31. The van der Waals surface area contributed by atoms with E-state index in [4.69, 9.17) is 0 Å². The van der Waals surface area contributed by atoms with Crippen molar-refractivity contribution in [2.45, 2.75) is 12.5 Å². The first kappa shape index (κ1) is 21.3. The Morgan fingerprint density at radius 2 is 1.64 bits per heavy atom. The van der Waals surface area contributed by atoms with E-state index in [2.05, 4.69) is 54.3 Å². The number of hydrogen-bond acceptors (Lipinski definition) is 7. The van der Waals surface area contributed by atoms with E-state index in [1.165, 1.54) is 5.56 Å². The third-order valence-corrected chi connectivity index (χ3v) is 6.31. The summed E-state index contributed by atoms with van der Waals surface area (Å²) in [5.41, 5.74) is 1.93. The number of pyridine rings is 1. The number of hydrogen-bond donors (Lipinski definition) is 1. The molecule has 2 aliphatic rings. The van der Waals surface area contributed by atoms with E-state index in [9.17, 15) is 4.79 Å². The third kappa shape index (κ3) is 4.80. The van der Waals surface area contributed by atoms with Gasteiger partial charge in [-0.1, -0.05) is 30.3 Å². The fourth-order valence-corrected chi connectivity index (χ4v) is 4.61. The second-order valence-corrected chi connectivity index (χ2v) is 8.42. The van der Waals surface area contributed by atoms with Crippen molar-refractivity contribution in [3.05, 3.63) is 78.2 Å². The number of aromatic nitrogens is 3. The van der Waals surface area contributed by atoms with Crippen molar-refractivity contribution in [3.63, 3.8) is 0 Å². The molecule has 0 bridgehead atoms. The SMILES string of the molecule is O=C(c1cccnc1N1CCN[C@H](c2ccccc2)C1)N1CCCN(c2ncccn2)CC1. The molecule has 0 spiro atoms. The number of piperazine rings is 1. The maximum Gasteiger partial charge on any atom is 0.257 e. The predicted octanol–water partition coefficient (Wildman–Crippen LogP) is 2.38. The van der Waals surface area contributed by atoms with Crippen LogP contribution >= 0.6 is 0 Å². The smallest absolute Gasteiger partial charge is 0.257 e. The van der Waals surface area contributed by atoms with Gasteiger partial charge < -0.3 is 20.0 Å². The van der Waals surface area contributed by atoms with E-state index in [-0.39, 0.29) is 11.9 Å². The van der Waals surface area contributed by atoms with Crippen molar-refractivity contribution in [3.8, 4) is 0 Å². The van der Waals surface area contributed by atoms with Crippen molar-refractivity contribution in [2.24, 2.45) is 0 Å². The summed E-state index contributed by atoms with van der Waals surface area (Å²) in [5, 5.41) is 3.59. The molecule has 0 radical (unpaired) electrons. The molecular weight excluding hydrogens is 414 g/mol. The van der Waals surface area contributed by atoms with Gasteiger partial charge in [-0.05, 0) is 30.2 Å². The van der Waals surface area contributed by atoms with Crippen LogP contribution in [0.25, 0.3) is 0 Å². The molecule has 4 heterocycles. The van der Waals surface area contributed by atoms with E-state index in [0.717, 1.165) is 50.9 Å². The van der Waals surface area contributed by atoms with Crippen molar-refractivity contribution in [1.82, 2.24) is 25.2 Å². The van der Waals surface area contributed by atoms with E-state index >= 15 is 0 Å². The summed E-state index contributed by atoms with van der Waals surface area (Å²) in [6.45, 7) is 5.35. The summed E-state index contributed by atoms with van der Waals surface area (Å²) in [5.74, 6) is 1.54. The number of anilines is 2. The van der Waals surface area contributed by atoms with Gasteiger partial charge in [0.1, 0.15) is 5.82 Å². The van der Waals surface area contributed by atoms with Gasteiger partial charge >= 0.3 is 0 Å². The molecule has 1 aromatic carbocycles. The molecule has 170 valence electrons. The normalized spacial score (nSPS) is 19.3. The number of carbonyl (C=O) groups is 1. The highest BCUT2D eigenvalue weighted by atomic mass is 16.2. The Bertz CT molecular complexity index is 1060. The number of amides is 1. The van der Waals surface area contributed by atoms with E-state index in [1.54, 1.807) is 18.6 Å². The molecule has 1 N–H and O–H groups in total. The summed E-state index contributed by atoms with van der Waals surface area (Å²) in [4.78, 5) is 33.3. The van der Waals surface area contributed by atoms with Crippen LogP contribution in [0.5, 0.6) is 0 Å². The molecule has 8 heteroatoms. The lowest BCUT2D eigenvalue weighted by Crippen LogP contribution is -2.47. The molecule has 2 aromatic heterocycles. The van der Waals surface area contributed by atoms with Crippen LogP contribution in [0.15, 0.2) is 67.1 Å². The number of carbonyl (C=O) groups excluding carboxylic acids is 1. The summed E-state index contributed by atoms with van der Waals surface area (Å²) in [7, 11) is 0. The maximum atomic E-state index is 13.6. The third-order valence-electron chi connectivity index (χ3n) is 6.31. The fraction of sp³-hybridized carbons (Fsp3) is 0.360. The van der Waals surface area contributed by atoms with Gasteiger partial charge in [-0.2, -0.15) is 0 Å². The second kappa shape index (κ2) is 9.95. The highest BCUT2D eigenvalue weighted by molar-refractivity contribution is 5.99. The van der Waals surface area contributed by atoms with Gasteiger partial charge in [0, 0.05) is 70.4 Å². The minimum atomic E-state index is 0.0451. The number of nitrogens with zero attached hydrogens (tertiary/aromatic N) is 6. The summed E-state index contributed by atoms with van der Waals surface area (Å²) in [6.07, 6.45) is 6.17. The van der Waals surface area contributed by atoms with Crippen LogP contribution in [0, 0.1) is 0 Å². The summed E-state index contributed by atoms with van der Waals surface area (Å²) < 4.78 is 0. The van der Waals surface area contributed by atoms with Gasteiger partial charge in [-0.25, -0.2) is 15.0 Å². The molecule has 2 aliphatic heterocycles. The van der Waals surface area contributed by atoms with E-state index < -0.39 is 0 Å². The maximum absolute atomic E-state index is 13.6. The minimum Gasteiger partial charge on any atom is -0.353 e. The Kier molecular flexibility index (Phi) is 6.44. The van der Waals surface area contributed by atoms with Gasteiger partial charge in [0.15, 0.2) is 0 Å². The van der Waals surface area contributed by atoms with Gasteiger partial charge in [0.25, 0.3) is 5.91 Å². The zero-order valence-corrected chi connectivity index (χ0v) is 18.7. The molecule has 33 heavy (non-hydrogen) atoms. The first-order valence-electron chi connectivity index (χ1n) is 11.6. The van der Waals surface area contributed by atoms with Crippen molar-refractivity contribution < 1.29 is 4.79 Å². The molecule has 0 saturated carbocycles. The summed E-state index contributed by atoms with van der Waals surface area (Å²) in [6, 6.07) is 16.2. The zero-order valence-electron chi connectivity index (χ0n) is 18.7. The number of nitrogens with one attached hydrogen (secondary N) is 1. The molecule has 3 aromatic rings. The lowest BCUT2D eigenvalue weighted by Gasteiger charge is -2.36. The van der Waals surface area contributed by atoms with Crippen LogP contribution in [-0.2, 0) is 0 Å². The summed E-state index contributed by atoms with van der Waals surface area (Å²) >= 11 is 0. The topological polar surface area (TPSA) is 77.5 Å². The Hall–Kier alpha value is -3.52. The molecule has 0 unspecified atom stereocenters. The monoisotopic (exact) mass is 443 g/mol. The van der Waals surface area contributed by atoms with Crippen molar-refractivity contribution in [2.75, 3.05) is 55.6 Å². The van der Waals surface area contributed by atoms with Gasteiger partial charge in [-0.15, -0.1) is 0 Å². The van der Waals surface area contributed by atoms with Crippen molar-refractivity contribution >= 4 is 17.7 Å². The molecule has 2 saturated heterocycles. The predicted molar refractivity (Wildman–Crippen MR) is 128 cm³/mol. The van der Waals surface area contributed by atoms with Crippen molar-refractivity contribution in [1.29, 1.82) is 0 Å². The number of rotatable bonds is 4. The standard InChI is InChI=1S/C25H29N7O/c33-24(30-14-6-15-31(18-17-30)25-28-11-5-12-29-25)21-9-4-10-27-23(21)32-16-13-26-22(19-32)20-7-2-1-3-8-20/h1-5,7-12,22,26H,6,13-19H2/t22-/m0/s1. The van der Waals surface area contributed by atoms with Crippen LogP contribution in [0.3, 0.4) is 0 Å². The molecule has 5 rings (SSSR count). The molecule has 0 aliphatic carbocycles. The van der Waals surface area contributed by atoms with Gasteiger partial charge in [0.05, 0.1) is 5.56 Å². The average molecular weight is 444 g/mol. The lowest BCUT2D eigenvalue weighted by atomic mass is 10.0. The van der Waals surface area contributed by atoms with E-state index in [1.807, 2.05) is 29.2 Å². The molecule has 2 fully saturated rings. The fourth-order valence-electron chi connectivity index (χ4n) is 4.61. The van der Waals surface area contributed by atoms with Crippen LogP contribution in [0.2, 0.25) is 0 Å². The Labute approximate surface area is 194 Å². The second-order valence-electron chi connectivity index (χ2n) is 8.42. The quantitative estimate of drug-likeness (QED) is 0.663. The zero-order chi connectivity index (χ0) is 22.5. The molecule has 8 nitrogen and oxygen atoms in total. The van der Waals surface area contributed by atoms with E-state index in [0.29, 0.717) is 18.7 Å². The van der Waals surface area contributed by atoms with Crippen LogP contribution in [0.1, 0.15) is 28.4 Å². The highest BCUT2D eigenvalue weighted by Gasteiger charge is 2.28. The van der Waals surface area contributed by atoms with Gasteiger partial charge in [-0.3, -0.25) is 4.79 Å².